The van der Waals surface area contributed by atoms with E-state index < -0.39 is 0 Å². The van der Waals surface area contributed by atoms with Crippen LogP contribution in [0.25, 0.3) is 106 Å². The molecule has 11 aromatic rings. The van der Waals surface area contributed by atoms with Crippen LogP contribution in [0.15, 0.2) is 199 Å². The van der Waals surface area contributed by atoms with E-state index in [1.54, 1.807) is 0 Å². The molecule has 0 N–H and O–H groups in total. The molecule has 0 unspecified atom stereocenters. The lowest BCUT2D eigenvalue weighted by molar-refractivity contribution is 0.669. The lowest BCUT2D eigenvalue weighted by Crippen LogP contribution is -2.00. The van der Waals surface area contributed by atoms with E-state index in [-0.39, 0.29) is 0 Å². The lowest BCUT2D eigenvalue weighted by Gasteiger charge is -2.09. The summed E-state index contributed by atoms with van der Waals surface area (Å²) in [5.41, 5.74) is 12.5. The van der Waals surface area contributed by atoms with Crippen molar-refractivity contribution in [3.63, 3.8) is 0 Å². The highest BCUT2D eigenvalue weighted by molar-refractivity contribution is 6.15. The molecule has 8 aromatic carbocycles. The number of para-hydroxylation sites is 1. The predicted octanol–water partition coefficient (Wildman–Crippen LogP) is 13.2. The molecule has 0 amide bonds. The van der Waals surface area contributed by atoms with E-state index >= 15 is 0 Å². The Morgan fingerprint density at radius 2 is 0.911 bits per heavy atom. The Hall–Kier alpha value is -7.63. The van der Waals surface area contributed by atoms with Crippen molar-refractivity contribution in [2.24, 2.45) is 0 Å². The Kier molecular flexibility index (Phi) is 7.42. The second-order valence-corrected chi connectivity index (χ2v) is 14.0. The van der Waals surface area contributed by atoms with Gasteiger partial charge in [-0.2, -0.15) is 0 Å². The molecule has 0 atom stereocenters. The molecule has 3 heterocycles. The largest absolute Gasteiger partial charge is 0.456 e. The van der Waals surface area contributed by atoms with Crippen molar-refractivity contribution in [2.45, 2.75) is 0 Å². The molecule has 262 valence electrons. The van der Waals surface area contributed by atoms with E-state index in [0.717, 1.165) is 61.0 Å². The molecule has 0 aliphatic rings. The third kappa shape index (κ3) is 5.37. The molecule has 0 fully saturated rings. The van der Waals surface area contributed by atoms with Gasteiger partial charge in [0.2, 0.25) is 0 Å². The summed E-state index contributed by atoms with van der Waals surface area (Å²) in [5.74, 6) is 1.85. The molecule has 56 heavy (non-hydrogen) atoms. The van der Waals surface area contributed by atoms with Gasteiger partial charge < -0.3 is 8.98 Å². The Morgan fingerprint density at radius 1 is 0.339 bits per heavy atom. The summed E-state index contributed by atoms with van der Waals surface area (Å²) in [6, 6.07) is 67.6. The van der Waals surface area contributed by atoms with Gasteiger partial charge in [-0.05, 0) is 70.8 Å². The summed E-state index contributed by atoms with van der Waals surface area (Å²) in [6.45, 7) is 0. The Labute approximate surface area is 322 Å². The first-order valence-corrected chi connectivity index (χ1v) is 18.8. The summed E-state index contributed by atoms with van der Waals surface area (Å²) in [4.78, 5) is 14.8. The smallest absolute Gasteiger partial charge is 0.164 e. The minimum Gasteiger partial charge on any atom is -0.456 e. The molecular weight excluding hydrogens is 685 g/mol. The van der Waals surface area contributed by atoms with Crippen molar-refractivity contribution in [2.75, 3.05) is 0 Å². The zero-order valence-electron chi connectivity index (χ0n) is 30.2. The van der Waals surface area contributed by atoms with Crippen LogP contribution in [0.1, 0.15) is 0 Å². The van der Waals surface area contributed by atoms with Crippen molar-refractivity contribution >= 4 is 43.7 Å². The van der Waals surface area contributed by atoms with Crippen molar-refractivity contribution in [3.05, 3.63) is 194 Å². The number of benzene rings is 8. The number of hydrogen-bond donors (Lipinski definition) is 0. The Bertz CT molecular complexity index is 3170. The fourth-order valence-electron chi connectivity index (χ4n) is 8.00. The maximum absolute atomic E-state index is 6.61. The van der Waals surface area contributed by atoms with E-state index in [4.69, 9.17) is 19.4 Å². The Morgan fingerprint density at radius 3 is 1.59 bits per heavy atom. The molecule has 0 aliphatic carbocycles. The lowest BCUT2D eigenvalue weighted by atomic mass is 9.97. The van der Waals surface area contributed by atoms with Gasteiger partial charge in [-0.25, -0.2) is 15.0 Å². The highest BCUT2D eigenvalue weighted by atomic mass is 16.3. The summed E-state index contributed by atoms with van der Waals surface area (Å²) in [6.07, 6.45) is 0. The molecule has 3 aromatic heterocycles. The van der Waals surface area contributed by atoms with Crippen LogP contribution in [0.5, 0.6) is 0 Å². The van der Waals surface area contributed by atoms with Crippen molar-refractivity contribution in [1.29, 1.82) is 0 Å². The van der Waals surface area contributed by atoms with Gasteiger partial charge in [-0.3, -0.25) is 0 Å². The van der Waals surface area contributed by atoms with E-state index in [0.29, 0.717) is 17.5 Å². The predicted molar refractivity (Wildman–Crippen MR) is 229 cm³/mol. The van der Waals surface area contributed by atoms with Crippen LogP contribution in [0.2, 0.25) is 0 Å². The van der Waals surface area contributed by atoms with Crippen LogP contribution in [0.4, 0.5) is 0 Å². The highest BCUT2D eigenvalue weighted by Crippen LogP contribution is 2.41. The summed E-state index contributed by atoms with van der Waals surface area (Å²) >= 11 is 0. The van der Waals surface area contributed by atoms with E-state index in [1.807, 2.05) is 66.7 Å². The minimum absolute atomic E-state index is 0.593. The first kappa shape index (κ1) is 31.9. The minimum atomic E-state index is 0.593. The molecule has 0 saturated carbocycles. The van der Waals surface area contributed by atoms with Crippen LogP contribution < -0.4 is 0 Å². The van der Waals surface area contributed by atoms with E-state index in [2.05, 4.69) is 132 Å². The first-order chi connectivity index (χ1) is 27.7. The molecular formula is C51H32N4O. The molecule has 0 aliphatic heterocycles. The van der Waals surface area contributed by atoms with Gasteiger partial charge in [0.25, 0.3) is 0 Å². The fourth-order valence-corrected chi connectivity index (χ4v) is 8.00. The van der Waals surface area contributed by atoms with E-state index in [1.165, 1.54) is 27.4 Å². The monoisotopic (exact) mass is 716 g/mol. The van der Waals surface area contributed by atoms with Gasteiger partial charge in [-0.15, -0.1) is 0 Å². The van der Waals surface area contributed by atoms with Gasteiger partial charge in [0.1, 0.15) is 11.2 Å². The number of fused-ring (bicyclic) bond motifs is 6. The van der Waals surface area contributed by atoms with Gasteiger partial charge in [0, 0.05) is 43.9 Å². The van der Waals surface area contributed by atoms with Crippen molar-refractivity contribution in [3.8, 4) is 62.1 Å². The van der Waals surface area contributed by atoms with Gasteiger partial charge in [0.05, 0.1) is 11.0 Å². The number of aromatic nitrogens is 4. The molecule has 0 radical (unpaired) electrons. The Balaban J connectivity index is 1.06. The van der Waals surface area contributed by atoms with Gasteiger partial charge in [0.15, 0.2) is 17.5 Å². The third-order valence-electron chi connectivity index (χ3n) is 10.7. The van der Waals surface area contributed by atoms with Crippen LogP contribution in [-0.4, -0.2) is 19.5 Å². The zero-order valence-corrected chi connectivity index (χ0v) is 30.2. The zero-order chi connectivity index (χ0) is 37.0. The maximum atomic E-state index is 6.61. The summed E-state index contributed by atoms with van der Waals surface area (Å²) < 4.78 is 8.98. The molecule has 11 rings (SSSR count). The normalized spacial score (nSPS) is 11.6. The van der Waals surface area contributed by atoms with Crippen LogP contribution in [0.3, 0.4) is 0 Å². The molecule has 0 bridgehead atoms. The van der Waals surface area contributed by atoms with E-state index in [9.17, 15) is 0 Å². The van der Waals surface area contributed by atoms with Gasteiger partial charge >= 0.3 is 0 Å². The number of rotatable bonds is 6. The average Bonchev–Trinajstić information content (AvgIpc) is 3.82. The fraction of sp³-hybridized carbons (Fsp3) is 0. The number of hydrogen-bond acceptors (Lipinski definition) is 4. The topological polar surface area (TPSA) is 56.7 Å². The second kappa shape index (κ2) is 13.0. The SMILES string of the molecule is c1ccc(-c2ccc3c4cc(-c5cccc6oc7cc(-c8nc(-c9ccccc9)nc(-c9ccccc9)n8)ccc7c56)ccc4n(-c4ccccc4)c3c2)cc1. The van der Waals surface area contributed by atoms with Gasteiger partial charge in [-0.1, -0.05) is 146 Å². The summed E-state index contributed by atoms with van der Waals surface area (Å²) in [5, 5.41) is 4.53. The highest BCUT2D eigenvalue weighted by Gasteiger charge is 2.19. The van der Waals surface area contributed by atoms with Crippen LogP contribution in [0, 0.1) is 0 Å². The molecule has 0 spiro atoms. The second-order valence-electron chi connectivity index (χ2n) is 14.0. The van der Waals surface area contributed by atoms with Crippen molar-refractivity contribution < 1.29 is 4.42 Å². The van der Waals surface area contributed by atoms with Crippen LogP contribution >= 0.6 is 0 Å². The maximum Gasteiger partial charge on any atom is 0.164 e. The number of nitrogens with zero attached hydrogens (tertiary/aromatic N) is 4. The summed E-state index contributed by atoms with van der Waals surface area (Å²) in [7, 11) is 0. The van der Waals surface area contributed by atoms with Crippen molar-refractivity contribution in [1.82, 2.24) is 19.5 Å². The average molecular weight is 717 g/mol. The first-order valence-electron chi connectivity index (χ1n) is 18.8. The quantitative estimate of drug-likeness (QED) is 0.172. The molecule has 5 nitrogen and oxygen atoms in total. The van der Waals surface area contributed by atoms with Crippen LogP contribution in [-0.2, 0) is 0 Å². The standard InChI is InChI=1S/C51H32N4O/c1-5-14-33(15-6-1)36-24-27-41-43-30-37(26-29-44(43)55(45(41)31-36)39-20-11-4-12-21-39)40-22-13-23-46-48(40)42-28-25-38(32-47(42)56-46)51-53-49(34-16-7-2-8-17-34)52-50(54-51)35-18-9-3-10-19-35/h1-32H. The molecule has 0 saturated heterocycles. The third-order valence-corrected chi connectivity index (χ3v) is 10.7. The molecule has 5 heteroatoms. The number of furan rings is 1.